The fraction of sp³-hybridized carbons (Fsp3) is 0.562. The minimum atomic E-state index is 0. The van der Waals surface area contributed by atoms with Crippen molar-refractivity contribution in [2.24, 2.45) is 10.7 Å². The zero-order valence-electron chi connectivity index (χ0n) is 13.5. The lowest BCUT2D eigenvalue weighted by atomic mass is 10.2. The van der Waals surface area contributed by atoms with Crippen molar-refractivity contribution >= 4 is 45.9 Å². The van der Waals surface area contributed by atoms with Crippen LogP contribution in [0.2, 0.25) is 0 Å². The van der Waals surface area contributed by atoms with E-state index in [-0.39, 0.29) is 24.0 Å². The molecule has 1 heterocycles. The van der Waals surface area contributed by atoms with Crippen molar-refractivity contribution in [2.75, 3.05) is 32.8 Å². The molecular weight excluding hydrogens is 471 g/mol. The zero-order valence-corrected chi connectivity index (χ0v) is 17.4. The second-order valence-electron chi connectivity index (χ2n) is 5.38. The van der Waals surface area contributed by atoms with Crippen LogP contribution in [0.3, 0.4) is 0 Å². The largest absolute Gasteiger partial charge is 0.492 e. The molecule has 5 nitrogen and oxygen atoms in total. The molecule has 7 heteroatoms. The number of benzene rings is 1. The number of likely N-dealkylation sites (tertiary alicyclic amines) is 1. The Morgan fingerprint density at radius 1 is 1.52 bits per heavy atom. The second kappa shape index (κ2) is 11.1. The molecular formula is C16H26BrIN4O. The van der Waals surface area contributed by atoms with Crippen LogP contribution in [0.15, 0.2) is 33.7 Å². The van der Waals surface area contributed by atoms with Crippen LogP contribution in [0.4, 0.5) is 0 Å². The Balaban J connectivity index is 0.00000264. The molecule has 2 rings (SSSR count). The van der Waals surface area contributed by atoms with Gasteiger partial charge in [0.25, 0.3) is 0 Å². The molecule has 1 aliphatic heterocycles. The van der Waals surface area contributed by atoms with Gasteiger partial charge in [-0.3, -0.25) is 9.89 Å². The number of likely N-dealkylation sites (N-methyl/N-ethyl adjacent to an activating group) is 1. The number of guanidine groups is 1. The fourth-order valence-electron chi connectivity index (χ4n) is 2.68. The third kappa shape index (κ3) is 7.26. The van der Waals surface area contributed by atoms with E-state index in [1.807, 2.05) is 24.3 Å². The fourth-order valence-corrected chi connectivity index (χ4v) is 3.06. The number of nitrogens with two attached hydrogens (primary N) is 1. The molecule has 0 aliphatic carbocycles. The van der Waals surface area contributed by atoms with Crippen LogP contribution < -0.4 is 15.8 Å². The summed E-state index contributed by atoms with van der Waals surface area (Å²) in [6, 6.07) is 8.34. The van der Waals surface area contributed by atoms with Gasteiger partial charge in [-0.2, -0.15) is 0 Å². The lowest BCUT2D eigenvalue weighted by Gasteiger charge is -2.20. The Morgan fingerprint density at radius 3 is 3.09 bits per heavy atom. The first-order chi connectivity index (χ1) is 10.7. The van der Waals surface area contributed by atoms with Crippen molar-refractivity contribution in [1.82, 2.24) is 10.2 Å². The van der Waals surface area contributed by atoms with Gasteiger partial charge in [-0.15, -0.1) is 24.0 Å². The maximum absolute atomic E-state index is 5.90. The predicted molar refractivity (Wildman–Crippen MR) is 110 cm³/mol. The minimum absolute atomic E-state index is 0. The summed E-state index contributed by atoms with van der Waals surface area (Å²) in [7, 11) is 0. The number of aliphatic imine (C=N–C) groups is 1. The number of hydrogen-bond donors (Lipinski definition) is 2. The van der Waals surface area contributed by atoms with Crippen LogP contribution in [-0.2, 0) is 0 Å². The molecule has 0 spiro atoms. The van der Waals surface area contributed by atoms with E-state index in [0.29, 0.717) is 25.2 Å². The van der Waals surface area contributed by atoms with E-state index < -0.39 is 0 Å². The number of hydrogen-bond acceptors (Lipinski definition) is 3. The average Bonchev–Trinajstić information content (AvgIpc) is 2.97. The first-order valence-electron chi connectivity index (χ1n) is 7.85. The van der Waals surface area contributed by atoms with Crippen molar-refractivity contribution in [3.63, 3.8) is 0 Å². The van der Waals surface area contributed by atoms with Gasteiger partial charge in [0.2, 0.25) is 0 Å². The summed E-state index contributed by atoms with van der Waals surface area (Å²) in [6.45, 7) is 6.45. The predicted octanol–water partition coefficient (Wildman–Crippen LogP) is 2.83. The first-order valence-corrected chi connectivity index (χ1v) is 8.64. The van der Waals surface area contributed by atoms with Crippen LogP contribution in [0.1, 0.15) is 19.8 Å². The number of nitrogens with zero attached hydrogens (tertiary/aromatic N) is 2. The molecule has 130 valence electrons. The Bertz CT molecular complexity index is 501. The molecule has 1 aromatic carbocycles. The highest BCUT2D eigenvalue weighted by Gasteiger charge is 2.22. The van der Waals surface area contributed by atoms with Gasteiger partial charge >= 0.3 is 0 Å². The van der Waals surface area contributed by atoms with Gasteiger partial charge in [0.1, 0.15) is 12.4 Å². The summed E-state index contributed by atoms with van der Waals surface area (Å²) >= 11 is 3.42. The van der Waals surface area contributed by atoms with Gasteiger partial charge in [-0.1, -0.05) is 28.9 Å². The van der Waals surface area contributed by atoms with Crippen molar-refractivity contribution in [3.05, 3.63) is 28.7 Å². The first kappa shape index (κ1) is 20.5. The summed E-state index contributed by atoms with van der Waals surface area (Å²) < 4.78 is 6.65. The van der Waals surface area contributed by atoms with Crippen molar-refractivity contribution < 1.29 is 4.74 Å². The van der Waals surface area contributed by atoms with Gasteiger partial charge in [0.05, 0.1) is 13.1 Å². The monoisotopic (exact) mass is 496 g/mol. The molecule has 0 saturated carbocycles. The molecule has 1 atom stereocenters. The summed E-state index contributed by atoms with van der Waals surface area (Å²) in [5, 5.41) is 3.10. The van der Waals surface area contributed by atoms with Gasteiger partial charge in [0.15, 0.2) is 5.96 Å². The van der Waals surface area contributed by atoms with Crippen molar-refractivity contribution in [2.45, 2.75) is 25.8 Å². The number of ether oxygens (including phenoxy) is 1. The Hall–Kier alpha value is -0.540. The molecule has 1 fully saturated rings. The van der Waals surface area contributed by atoms with E-state index in [0.717, 1.165) is 23.3 Å². The summed E-state index contributed by atoms with van der Waals surface area (Å²) in [5.41, 5.74) is 5.90. The molecule has 1 unspecified atom stereocenters. The van der Waals surface area contributed by atoms with E-state index >= 15 is 0 Å². The van der Waals surface area contributed by atoms with E-state index in [1.54, 1.807) is 0 Å². The molecule has 0 radical (unpaired) electrons. The maximum Gasteiger partial charge on any atom is 0.188 e. The zero-order chi connectivity index (χ0) is 15.8. The molecule has 1 aliphatic rings. The summed E-state index contributed by atoms with van der Waals surface area (Å²) in [5.74, 6) is 1.34. The topological polar surface area (TPSA) is 62.9 Å². The summed E-state index contributed by atoms with van der Waals surface area (Å²) in [4.78, 5) is 6.91. The number of rotatable bonds is 7. The molecule has 0 amide bonds. The van der Waals surface area contributed by atoms with Crippen LogP contribution in [-0.4, -0.2) is 49.7 Å². The normalized spacial score (nSPS) is 18.5. The quantitative estimate of drug-likeness (QED) is 0.264. The van der Waals surface area contributed by atoms with Crippen LogP contribution in [0, 0.1) is 0 Å². The van der Waals surface area contributed by atoms with Gasteiger partial charge in [-0.05, 0) is 44.1 Å². The highest BCUT2D eigenvalue weighted by Crippen LogP contribution is 2.17. The average molecular weight is 497 g/mol. The lowest BCUT2D eigenvalue weighted by Crippen LogP contribution is -2.37. The van der Waals surface area contributed by atoms with Crippen LogP contribution in [0.25, 0.3) is 0 Å². The highest BCUT2D eigenvalue weighted by atomic mass is 127. The summed E-state index contributed by atoms with van der Waals surface area (Å²) in [6.07, 6.45) is 2.48. The second-order valence-corrected chi connectivity index (χ2v) is 6.30. The van der Waals surface area contributed by atoms with Gasteiger partial charge in [-0.25, -0.2) is 0 Å². The number of nitrogens with one attached hydrogen (secondary N) is 1. The smallest absolute Gasteiger partial charge is 0.188 e. The van der Waals surface area contributed by atoms with E-state index in [1.165, 1.54) is 19.4 Å². The molecule has 0 bridgehead atoms. The van der Waals surface area contributed by atoms with E-state index in [9.17, 15) is 0 Å². The maximum atomic E-state index is 5.90. The standard InChI is InChI=1S/C16H25BrN4O.HI/c1-2-21-9-4-6-14(21)12-20-16(18)19-8-10-22-15-7-3-5-13(17)11-15;/h3,5,7,11,14H,2,4,6,8-10,12H2,1H3,(H3,18,19,20);1H. The lowest BCUT2D eigenvalue weighted by molar-refractivity contribution is 0.273. The minimum Gasteiger partial charge on any atom is -0.492 e. The van der Waals surface area contributed by atoms with Crippen LogP contribution in [0.5, 0.6) is 5.75 Å². The Kier molecular flexibility index (Phi) is 9.89. The molecule has 1 saturated heterocycles. The van der Waals surface area contributed by atoms with E-state index in [4.69, 9.17) is 10.5 Å². The third-order valence-electron chi connectivity index (χ3n) is 3.85. The SMILES string of the molecule is CCN1CCCC1CN=C(N)NCCOc1cccc(Br)c1.I. The van der Waals surface area contributed by atoms with Gasteiger partial charge in [0, 0.05) is 10.5 Å². The van der Waals surface area contributed by atoms with Crippen molar-refractivity contribution in [1.29, 1.82) is 0 Å². The molecule has 1 aromatic rings. The van der Waals surface area contributed by atoms with Crippen molar-refractivity contribution in [3.8, 4) is 5.75 Å². The van der Waals surface area contributed by atoms with Gasteiger partial charge < -0.3 is 15.8 Å². The van der Waals surface area contributed by atoms with Crippen LogP contribution >= 0.6 is 39.9 Å². The third-order valence-corrected chi connectivity index (χ3v) is 4.34. The molecule has 0 aromatic heterocycles. The molecule has 3 N–H and O–H groups in total. The van der Waals surface area contributed by atoms with E-state index in [2.05, 4.69) is 38.1 Å². The Labute approximate surface area is 164 Å². The molecule has 23 heavy (non-hydrogen) atoms. The Morgan fingerprint density at radius 2 is 2.35 bits per heavy atom. The highest BCUT2D eigenvalue weighted by molar-refractivity contribution is 14.0. The number of halogens is 2.